The van der Waals surface area contributed by atoms with Gasteiger partial charge in [-0.15, -0.1) is 0 Å². The molecule has 0 rings (SSSR count). The number of allylic oxidation sites excluding steroid dienone is 12. The van der Waals surface area contributed by atoms with E-state index in [9.17, 15) is 14.4 Å². The van der Waals surface area contributed by atoms with E-state index < -0.39 is 6.10 Å². The highest BCUT2D eigenvalue weighted by molar-refractivity contribution is 5.71. The van der Waals surface area contributed by atoms with Gasteiger partial charge in [-0.1, -0.05) is 325 Å². The van der Waals surface area contributed by atoms with Gasteiger partial charge in [0, 0.05) is 19.3 Å². The highest BCUT2D eigenvalue weighted by Gasteiger charge is 2.19. The summed E-state index contributed by atoms with van der Waals surface area (Å²) in [4.78, 5) is 38.4. The number of unbranched alkanes of at least 4 members (excludes halogenated alkanes) is 41. The Kier molecular flexibility index (Phi) is 65.7. The van der Waals surface area contributed by atoms with Crippen LogP contribution in [-0.2, 0) is 28.6 Å². The molecule has 0 heterocycles. The van der Waals surface area contributed by atoms with Crippen molar-refractivity contribution in [3.05, 3.63) is 72.9 Å². The Hall–Kier alpha value is -3.15. The van der Waals surface area contributed by atoms with Crippen LogP contribution in [0, 0.1) is 0 Å². The standard InChI is InChI=1S/C74H132O6/c1-4-7-10-13-16-19-22-25-28-30-32-34-36-37-39-40-42-44-46-49-52-55-58-61-64-67-73(76)79-70-71(69-78-72(75)66-63-60-57-54-51-48-27-24-21-18-15-12-9-6-3)80-74(77)68-65-62-59-56-53-50-47-45-43-41-38-35-33-31-29-26-23-20-17-14-11-8-5-2/h8,11,17,20,22,25-26,29-30,32-33,35,71H,4-7,9-10,12-16,18-19,21,23-24,27-28,31,34,36-70H2,1-3H3/b11-8-,20-17-,25-22-,29-26-,32-30-,35-33-. The topological polar surface area (TPSA) is 78.9 Å². The molecule has 0 fully saturated rings. The van der Waals surface area contributed by atoms with Crippen molar-refractivity contribution in [2.24, 2.45) is 0 Å². The Balaban J connectivity index is 4.29. The number of carbonyl (C=O) groups excluding carboxylic acids is 3. The van der Waals surface area contributed by atoms with Crippen LogP contribution in [-0.4, -0.2) is 37.2 Å². The van der Waals surface area contributed by atoms with Gasteiger partial charge < -0.3 is 14.2 Å². The second-order valence-electron chi connectivity index (χ2n) is 23.4. The van der Waals surface area contributed by atoms with Gasteiger partial charge in [0.1, 0.15) is 13.2 Å². The maximum atomic E-state index is 13.0. The summed E-state index contributed by atoms with van der Waals surface area (Å²) in [6.07, 6.45) is 89.2. The van der Waals surface area contributed by atoms with Crippen molar-refractivity contribution >= 4 is 17.9 Å². The van der Waals surface area contributed by atoms with Crippen molar-refractivity contribution in [3.63, 3.8) is 0 Å². The third-order valence-electron chi connectivity index (χ3n) is 15.4. The zero-order valence-electron chi connectivity index (χ0n) is 53.3. The van der Waals surface area contributed by atoms with Gasteiger partial charge in [0.2, 0.25) is 0 Å². The van der Waals surface area contributed by atoms with Crippen LogP contribution in [0.2, 0.25) is 0 Å². The van der Waals surface area contributed by atoms with E-state index in [0.717, 1.165) is 89.9 Å². The highest BCUT2D eigenvalue weighted by atomic mass is 16.6. The normalized spacial score (nSPS) is 12.5. The van der Waals surface area contributed by atoms with Crippen LogP contribution in [0.5, 0.6) is 0 Å². The zero-order chi connectivity index (χ0) is 57.8. The first-order valence-electron chi connectivity index (χ1n) is 34.9. The molecule has 0 aliphatic carbocycles. The molecule has 1 atom stereocenters. The fourth-order valence-electron chi connectivity index (χ4n) is 10.2. The first kappa shape index (κ1) is 76.9. The summed E-state index contributed by atoms with van der Waals surface area (Å²) in [6, 6.07) is 0. The monoisotopic (exact) mass is 1120 g/mol. The Bertz CT molecular complexity index is 1470. The molecule has 0 aromatic rings. The number of rotatable bonds is 64. The minimum Gasteiger partial charge on any atom is -0.462 e. The molecule has 0 radical (unpaired) electrons. The lowest BCUT2D eigenvalue weighted by Gasteiger charge is -2.18. The number of esters is 3. The Morgan fingerprint density at radius 2 is 0.487 bits per heavy atom. The second kappa shape index (κ2) is 68.3. The third-order valence-corrected chi connectivity index (χ3v) is 15.4. The van der Waals surface area contributed by atoms with Crippen LogP contribution < -0.4 is 0 Å². The minimum absolute atomic E-state index is 0.0729. The zero-order valence-corrected chi connectivity index (χ0v) is 53.3. The summed E-state index contributed by atoms with van der Waals surface area (Å²) in [5.41, 5.74) is 0. The molecule has 0 saturated heterocycles. The quantitative estimate of drug-likeness (QED) is 0.0261. The van der Waals surface area contributed by atoms with E-state index in [-0.39, 0.29) is 31.1 Å². The van der Waals surface area contributed by atoms with Crippen LogP contribution in [0.25, 0.3) is 0 Å². The van der Waals surface area contributed by atoms with E-state index in [0.29, 0.717) is 19.3 Å². The molecule has 80 heavy (non-hydrogen) atoms. The van der Waals surface area contributed by atoms with Crippen LogP contribution in [0.4, 0.5) is 0 Å². The Labute approximate surface area is 497 Å². The van der Waals surface area contributed by atoms with Crippen LogP contribution in [0.15, 0.2) is 72.9 Å². The number of hydrogen-bond acceptors (Lipinski definition) is 6. The maximum Gasteiger partial charge on any atom is 0.306 e. The summed E-state index contributed by atoms with van der Waals surface area (Å²) >= 11 is 0. The summed E-state index contributed by atoms with van der Waals surface area (Å²) in [6.45, 7) is 6.57. The molecule has 0 bridgehead atoms. The molecule has 6 nitrogen and oxygen atoms in total. The van der Waals surface area contributed by atoms with Gasteiger partial charge in [-0.2, -0.15) is 0 Å². The van der Waals surface area contributed by atoms with Gasteiger partial charge in [0.05, 0.1) is 0 Å². The van der Waals surface area contributed by atoms with Gasteiger partial charge in [0.25, 0.3) is 0 Å². The number of hydrogen-bond donors (Lipinski definition) is 0. The number of carbonyl (C=O) groups is 3. The van der Waals surface area contributed by atoms with Gasteiger partial charge in [-0.3, -0.25) is 14.4 Å². The molecule has 1 unspecified atom stereocenters. The maximum absolute atomic E-state index is 13.0. The lowest BCUT2D eigenvalue weighted by molar-refractivity contribution is -0.167. The van der Waals surface area contributed by atoms with Gasteiger partial charge in [-0.25, -0.2) is 0 Å². The SMILES string of the molecule is CC/C=C\C/C=C\C/C=C\C/C=C\CCCCCCCCCCCCC(=O)OC(COC(=O)CCCCCCCCCCCCCCCC)COC(=O)CCCCCCCCCCCCCCC/C=C\C/C=C\CCCCCCC. The van der Waals surface area contributed by atoms with Gasteiger partial charge in [0.15, 0.2) is 6.10 Å². The average Bonchev–Trinajstić information content (AvgIpc) is 3.46. The van der Waals surface area contributed by atoms with Crippen LogP contribution in [0.1, 0.15) is 361 Å². The molecule has 0 aromatic carbocycles. The highest BCUT2D eigenvalue weighted by Crippen LogP contribution is 2.18. The van der Waals surface area contributed by atoms with E-state index in [1.807, 2.05) is 0 Å². The van der Waals surface area contributed by atoms with E-state index >= 15 is 0 Å². The molecule has 464 valence electrons. The van der Waals surface area contributed by atoms with Crippen molar-refractivity contribution in [1.82, 2.24) is 0 Å². The second-order valence-corrected chi connectivity index (χ2v) is 23.4. The van der Waals surface area contributed by atoms with E-state index in [2.05, 4.69) is 93.7 Å². The molecule has 0 N–H and O–H groups in total. The molecule has 0 spiro atoms. The predicted octanol–water partition coefficient (Wildman–Crippen LogP) is 24.1. The fraction of sp³-hybridized carbons (Fsp3) is 0.797. The predicted molar refractivity (Wildman–Crippen MR) is 348 cm³/mol. The van der Waals surface area contributed by atoms with Gasteiger partial charge in [-0.05, 0) is 89.9 Å². The summed E-state index contributed by atoms with van der Waals surface area (Å²) in [5.74, 6) is -0.856. The third kappa shape index (κ3) is 65.7. The van der Waals surface area contributed by atoms with Crippen molar-refractivity contribution in [2.75, 3.05) is 13.2 Å². The largest absolute Gasteiger partial charge is 0.462 e. The smallest absolute Gasteiger partial charge is 0.306 e. The Morgan fingerprint density at radius 3 is 0.762 bits per heavy atom. The first-order valence-corrected chi connectivity index (χ1v) is 34.9. The molecule has 0 aliphatic rings. The molecule has 0 aliphatic heterocycles. The fourth-order valence-corrected chi connectivity index (χ4v) is 10.2. The van der Waals surface area contributed by atoms with Crippen LogP contribution in [0.3, 0.4) is 0 Å². The van der Waals surface area contributed by atoms with Crippen molar-refractivity contribution < 1.29 is 28.6 Å². The van der Waals surface area contributed by atoms with Crippen molar-refractivity contribution in [2.45, 2.75) is 367 Å². The first-order chi connectivity index (χ1) is 39.5. The summed E-state index contributed by atoms with van der Waals surface area (Å²) in [7, 11) is 0. The molecular weight excluding hydrogens is 985 g/mol. The van der Waals surface area contributed by atoms with E-state index in [4.69, 9.17) is 14.2 Å². The van der Waals surface area contributed by atoms with Crippen LogP contribution >= 0.6 is 0 Å². The summed E-state index contributed by atoms with van der Waals surface area (Å²) in [5, 5.41) is 0. The molecule has 0 saturated carbocycles. The molecule has 0 aromatic heterocycles. The van der Waals surface area contributed by atoms with Crippen molar-refractivity contribution in [1.29, 1.82) is 0 Å². The lowest BCUT2D eigenvalue weighted by Crippen LogP contribution is -2.30. The number of ether oxygens (including phenoxy) is 3. The lowest BCUT2D eigenvalue weighted by atomic mass is 10.0. The van der Waals surface area contributed by atoms with E-state index in [1.54, 1.807) is 0 Å². The molecule has 6 heteroatoms. The molecular formula is C74H132O6. The summed E-state index contributed by atoms with van der Waals surface area (Å²) < 4.78 is 17.0. The van der Waals surface area contributed by atoms with E-state index in [1.165, 1.54) is 231 Å². The average molecular weight is 1120 g/mol. The Morgan fingerprint density at radius 1 is 0.263 bits per heavy atom. The minimum atomic E-state index is -0.778. The van der Waals surface area contributed by atoms with Gasteiger partial charge >= 0.3 is 17.9 Å². The van der Waals surface area contributed by atoms with Crippen molar-refractivity contribution in [3.8, 4) is 0 Å². The molecule has 0 amide bonds.